The zero-order chi connectivity index (χ0) is 18.9. The van der Waals surface area contributed by atoms with Crippen LogP contribution in [0.15, 0.2) is 42.5 Å². The first-order valence-corrected chi connectivity index (χ1v) is 7.87. The number of carbonyl (C=O) groups excluding carboxylic acids is 1. The molecule has 26 heavy (non-hydrogen) atoms. The lowest BCUT2D eigenvalue weighted by molar-refractivity contribution is -0.123. The SMILES string of the molecule is COc1ccc(OC)c(C(O)CNC(=O)COc2ccc(C#N)cc2)c1. The van der Waals surface area contributed by atoms with E-state index in [4.69, 9.17) is 19.5 Å². The van der Waals surface area contributed by atoms with Gasteiger partial charge in [-0.2, -0.15) is 5.26 Å². The van der Waals surface area contributed by atoms with Gasteiger partial charge in [0.15, 0.2) is 6.61 Å². The van der Waals surface area contributed by atoms with E-state index >= 15 is 0 Å². The van der Waals surface area contributed by atoms with Gasteiger partial charge in [-0.05, 0) is 42.5 Å². The van der Waals surface area contributed by atoms with Crippen molar-refractivity contribution in [2.24, 2.45) is 0 Å². The second-order valence-electron chi connectivity index (χ2n) is 5.35. The van der Waals surface area contributed by atoms with Crippen LogP contribution in [0.5, 0.6) is 17.2 Å². The Morgan fingerprint density at radius 2 is 1.85 bits per heavy atom. The number of nitriles is 1. The van der Waals surface area contributed by atoms with E-state index in [1.807, 2.05) is 6.07 Å². The number of amides is 1. The quantitative estimate of drug-likeness (QED) is 0.748. The van der Waals surface area contributed by atoms with E-state index in [2.05, 4.69) is 5.32 Å². The normalized spacial score (nSPS) is 11.2. The predicted molar refractivity (Wildman–Crippen MR) is 94.2 cm³/mol. The maximum atomic E-state index is 11.9. The highest BCUT2D eigenvalue weighted by molar-refractivity contribution is 5.77. The van der Waals surface area contributed by atoms with Crippen LogP contribution in [0.3, 0.4) is 0 Å². The first kappa shape index (κ1) is 19.1. The maximum Gasteiger partial charge on any atom is 0.258 e. The third kappa shape index (κ3) is 5.13. The standard InChI is InChI=1S/C19H20N2O5/c1-24-15-7-8-18(25-2)16(9-15)17(22)11-21-19(23)12-26-14-5-3-13(10-20)4-6-14/h3-9,17,22H,11-12H2,1-2H3,(H,21,23). The van der Waals surface area contributed by atoms with Crippen molar-refractivity contribution < 1.29 is 24.1 Å². The molecule has 0 aliphatic heterocycles. The summed E-state index contributed by atoms with van der Waals surface area (Å²) < 4.78 is 15.7. The van der Waals surface area contributed by atoms with Crippen LogP contribution >= 0.6 is 0 Å². The number of ether oxygens (including phenoxy) is 3. The molecule has 2 aromatic rings. The summed E-state index contributed by atoms with van der Waals surface area (Å²) in [6, 6.07) is 13.5. The van der Waals surface area contributed by atoms with Gasteiger partial charge in [-0.3, -0.25) is 4.79 Å². The van der Waals surface area contributed by atoms with Crippen LogP contribution in [-0.4, -0.2) is 38.4 Å². The van der Waals surface area contributed by atoms with Gasteiger partial charge in [0, 0.05) is 12.1 Å². The summed E-state index contributed by atoms with van der Waals surface area (Å²) in [4.78, 5) is 11.9. The van der Waals surface area contributed by atoms with Crippen molar-refractivity contribution in [2.45, 2.75) is 6.10 Å². The minimum absolute atomic E-state index is 0.000902. The average molecular weight is 356 g/mol. The van der Waals surface area contributed by atoms with Crippen LogP contribution in [0.4, 0.5) is 0 Å². The molecule has 0 aliphatic carbocycles. The third-order valence-corrected chi connectivity index (χ3v) is 3.64. The average Bonchev–Trinajstić information content (AvgIpc) is 2.70. The number of nitrogens with one attached hydrogen (secondary N) is 1. The number of aliphatic hydroxyl groups is 1. The van der Waals surface area contributed by atoms with Gasteiger partial charge >= 0.3 is 0 Å². The zero-order valence-corrected chi connectivity index (χ0v) is 14.6. The van der Waals surface area contributed by atoms with Gasteiger partial charge in [0.05, 0.1) is 32.0 Å². The van der Waals surface area contributed by atoms with Crippen molar-refractivity contribution >= 4 is 5.91 Å². The van der Waals surface area contributed by atoms with E-state index in [1.54, 1.807) is 42.5 Å². The molecule has 1 amide bonds. The minimum Gasteiger partial charge on any atom is -0.497 e. The van der Waals surface area contributed by atoms with Crippen LogP contribution in [0.25, 0.3) is 0 Å². The molecule has 2 aromatic carbocycles. The molecule has 0 aromatic heterocycles. The van der Waals surface area contributed by atoms with Gasteiger partial charge in [-0.15, -0.1) is 0 Å². The molecule has 0 fully saturated rings. The fourth-order valence-corrected chi connectivity index (χ4v) is 2.25. The topological polar surface area (TPSA) is 101 Å². The Kier molecular flexibility index (Phi) is 6.83. The zero-order valence-electron chi connectivity index (χ0n) is 14.6. The number of hydrogen-bond donors (Lipinski definition) is 2. The highest BCUT2D eigenvalue weighted by Crippen LogP contribution is 2.29. The summed E-state index contributed by atoms with van der Waals surface area (Å²) in [5, 5.41) is 21.7. The Morgan fingerprint density at radius 1 is 1.15 bits per heavy atom. The van der Waals surface area contributed by atoms with Crippen LogP contribution < -0.4 is 19.5 Å². The summed E-state index contributed by atoms with van der Waals surface area (Å²) in [7, 11) is 3.03. The molecule has 136 valence electrons. The van der Waals surface area contributed by atoms with Crippen molar-refractivity contribution in [3.8, 4) is 23.3 Å². The summed E-state index contributed by atoms with van der Waals surface area (Å²) in [6.07, 6.45) is -0.959. The Bertz CT molecular complexity index is 784. The number of hydrogen-bond acceptors (Lipinski definition) is 6. The van der Waals surface area contributed by atoms with E-state index in [-0.39, 0.29) is 19.1 Å². The first-order valence-electron chi connectivity index (χ1n) is 7.87. The Morgan fingerprint density at radius 3 is 2.46 bits per heavy atom. The van der Waals surface area contributed by atoms with Crippen LogP contribution in [0.2, 0.25) is 0 Å². The van der Waals surface area contributed by atoms with E-state index in [1.165, 1.54) is 14.2 Å². The van der Waals surface area contributed by atoms with Gasteiger partial charge < -0.3 is 24.6 Å². The lowest BCUT2D eigenvalue weighted by atomic mass is 10.1. The predicted octanol–water partition coefficient (Wildman–Crippen LogP) is 1.80. The Hall–Kier alpha value is -3.24. The molecule has 1 unspecified atom stereocenters. The largest absolute Gasteiger partial charge is 0.497 e. The van der Waals surface area contributed by atoms with Crippen molar-refractivity contribution in [3.05, 3.63) is 53.6 Å². The molecule has 0 aliphatic rings. The van der Waals surface area contributed by atoms with Crippen LogP contribution in [-0.2, 0) is 4.79 Å². The minimum atomic E-state index is -0.959. The molecule has 0 saturated carbocycles. The molecular weight excluding hydrogens is 336 g/mol. The highest BCUT2D eigenvalue weighted by atomic mass is 16.5. The number of methoxy groups -OCH3 is 2. The van der Waals surface area contributed by atoms with Gasteiger partial charge in [-0.25, -0.2) is 0 Å². The molecule has 7 nitrogen and oxygen atoms in total. The molecule has 1 atom stereocenters. The fraction of sp³-hybridized carbons (Fsp3) is 0.263. The summed E-state index contributed by atoms with van der Waals surface area (Å²) >= 11 is 0. The molecule has 0 spiro atoms. The molecule has 7 heteroatoms. The molecule has 0 saturated heterocycles. The maximum absolute atomic E-state index is 11.9. The smallest absolute Gasteiger partial charge is 0.258 e. The molecule has 2 N–H and O–H groups in total. The number of rotatable bonds is 8. The summed E-state index contributed by atoms with van der Waals surface area (Å²) in [5.41, 5.74) is 1.03. The van der Waals surface area contributed by atoms with Gasteiger partial charge in [-0.1, -0.05) is 0 Å². The van der Waals surface area contributed by atoms with E-state index in [9.17, 15) is 9.90 Å². The second-order valence-corrected chi connectivity index (χ2v) is 5.35. The van der Waals surface area contributed by atoms with Gasteiger partial charge in [0.25, 0.3) is 5.91 Å². The van der Waals surface area contributed by atoms with Gasteiger partial charge in [0.1, 0.15) is 17.2 Å². The number of carbonyl (C=O) groups is 1. The third-order valence-electron chi connectivity index (χ3n) is 3.64. The van der Waals surface area contributed by atoms with Crippen molar-refractivity contribution in [2.75, 3.05) is 27.4 Å². The van der Waals surface area contributed by atoms with Crippen molar-refractivity contribution in [3.63, 3.8) is 0 Å². The highest BCUT2D eigenvalue weighted by Gasteiger charge is 2.16. The van der Waals surface area contributed by atoms with E-state index in [0.717, 1.165) is 0 Å². The molecular formula is C19H20N2O5. The Labute approximate surface area is 151 Å². The number of benzene rings is 2. The number of aliphatic hydroxyl groups excluding tert-OH is 1. The monoisotopic (exact) mass is 356 g/mol. The van der Waals surface area contributed by atoms with Gasteiger partial charge in [0.2, 0.25) is 0 Å². The molecule has 0 heterocycles. The van der Waals surface area contributed by atoms with E-state index < -0.39 is 6.10 Å². The van der Waals surface area contributed by atoms with Crippen molar-refractivity contribution in [1.82, 2.24) is 5.32 Å². The second kappa shape index (κ2) is 9.30. The summed E-state index contributed by atoms with van der Waals surface area (Å²) in [5.74, 6) is 1.18. The Balaban J connectivity index is 1.87. The van der Waals surface area contributed by atoms with Crippen LogP contribution in [0, 0.1) is 11.3 Å². The molecule has 2 rings (SSSR count). The lowest BCUT2D eigenvalue weighted by Crippen LogP contribution is -2.32. The van der Waals surface area contributed by atoms with Crippen LogP contribution in [0.1, 0.15) is 17.2 Å². The fourth-order valence-electron chi connectivity index (χ4n) is 2.25. The summed E-state index contributed by atoms with van der Waals surface area (Å²) in [6.45, 7) is -0.201. The lowest BCUT2D eigenvalue weighted by Gasteiger charge is -2.16. The van der Waals surface area contributed by atoms with E-state index in [0.29, 0.717) is 28.4 Å². The first-order chi connectivity index (χ1) is 12.6. The molecule has 0 radical (unpaired) electrons. The number of nitrogens with zero attached hydrogens (tertiary/aromatic N) is 1. The van der Waals surface area contributed by atoms with Crippen molar-refractivity contribution in [1.29, 1.82) is 5.26 Å². The molecule has 0 bridgehead atoms.